The van der Waals surface area contributed by atoms with Crippen molar-refractivity contribution in [2.45, 2.75) is 20.3 Å². The van der Waals surface area contributed by atoms with E-state index < -0.39 is 0 Å². The van der Waals surface area contributed by atoms with Crippen LogP contribution in [0.3, 0.4) is 0 Å². The van der Waals surface area contributed by atoms with Gasteiger partial charge in [0, 0.05) is 24.8 Å². The summed E-state index contributed by atoms with van der Waals surface area (Å²) in [6.45, 7) is 7.49. The molecule has 1 saturated heterocycles. The molecule has 122 valence electrons. The van der Waals surface area contributed by atoms with Gasteiger partial charge in [0.1, 0.15) is 5.82 Å². The van der Waals surface area contributed by atoms with E-state index in [4.69, 9.17) is 4.74 Å². The molecule has 0 N–H and O–H groups in total. The Labute approximate surface area is 136 Å². The van der Waals surface area contributed by atoms with Gasteiger partial charge >= 0.3 is 0 Å². The third-order valence-corrected chi connectivity index (χ3v) is 4.01. The van der Waals surface area contributed by atoms with E-state index in [-0.39, 0.29) is 5.56 Å². The van der Waals surface area contributed by atoms with Crippen molar-refractivity contribution in [3.8, 4) is 5.82 Å². The molecular formula is C18H23N3O2. The summed E-state index contributed by atoms with van der Waals surface area (Å²) in [5, 5.41) is 0. The summed E-state index contributed by atoms with van der Waals surface area (Å²) in [5.41, 5.74) is 1.93. The van der Waals surface area contributed by atoms with Crippen molar-refractivity contribution in [1.82, 2.24) is 9.55 Å². The van der Waals surface area contributed by atoms with Crippen LogP contribution in [0.2, 0.25) is 0 Å². The van der Waals surface area contributed by atoms with Gasteiger partial charge < -0.3 is 9.64 Å². The number of ether oxygens (including phenoxy) is 1. The van der Waals surface area contributed by atoms with Crippen molar-refractivity contribution in [1.29, 1.82) is 0 Å². The van der Waals surface area contributed by atoms with Crippen LogP contribution in [-0.2, 0) is 11.2 Å². The van der Waals surface area contributed by atoms with Gasteiger partial charge in [-0.25, -0.2) is 4.98 Å². The summed E-state index contributed by atoms with van der Waals surface area (Å²) in [6.07, 6.45) is 4.40. The van der Waals surface area contributed by atoms with E-state index >= 15 is 0 Å². The van der Waals surface area contributed by atoms with E-state index in [9.17, 15) is 4.79 Å². The van der Waals surface area contributed by atoms with Crippen LogP contribution in [0.4, 0.5) is 5.69 Å². The quantitative estimate of drug-likeness (QED) is 0.869. The van der Waals surface area contributed by atoms with Crippen LogP contribution in [0.1, 0.15) is 19.4 Å². The highest BCUT2D eigenvalue weighted by atomic mass is 16.5. The third-order valence-electron chi connectivity index (χ3n) is 4.01. The van der Waals surface area contributed by atoms with E-state index in [1.165, 1.54) is 0 Å². The molecule has 0 amide bonds. The average molecular weight is 313 g/mol. The summed E-state index contributed by atoms with van der Waals surface area (Å²) in [4.78, 5) is 19.3. The minimum atomic E-state index is 0.0211. The van der Waals surface area contributed by atoms with Crippen molar-refractivity contribution in [2.24, 2.45) is 5.92 Å². The van der Waals surface area contributed by atoms with Crippen molar-refractivity contribution in [2.75, 3.05) is 31.2 Å². The molecule has 5 nitrogen and oxygen atoms in total. The molecule has 1 aliphatic heterocycles. The lowest BCUT2D eigenvalue weighted by molar-refractivity contribution is 0.122. The molecule has 0 bridgehead atoms. The highest BCUT2D eigenvalue weighted by Gasteiger charge is 2.12. The minimum absolute atomic E-state index is 0.0211. The number of morpholine rings is 1. The van der Waals surface area contributed by atoms with Gasteiger partial charge in [-0.15, -0.1) is 0 Å². The molecule has 1 aliphatic rings. The lowest BCUT2D eigenvalue weighted by Gasteiger charge is -2.28. The Hall–Kier alpha value is -2.14. The van der Waals surface area contributed by atoms with Crippen molar-refractivity contribution >= 4 is 5.69 Å². The maximum absolute atomic E-state index is 12.6. The second-order valence-corrected chi connectivity index (χ2v) is 6.28. The second-order valence-electron chi connectivity index (χ2n) is 6.28. The molecule has 0 spiro atoms. The predicted octanol–water partition coefficient (Wildman–Crippen LogP) is 2.27. The molecule has 0 saturated carbocycles. The van der Waals surface area contributed by atoms with Gasteiger partial charge in [-0.05, 0) is 30.5 Å². The van der Waals surface area contributed by atoms with Gasteiger partial charge in [0.2, 0.25) is 0 Å². The number of pyridine rings is 2. The van der Waals surface area contributed by atoms with Gasteiger partial charge in [-0.1, -0.05) is 19.9 Å². The van der Waals surface area contributed by atoms with E-state index in [0.717, 1.165) is 44.0 Å². The standard InChI is InChI=1S/C18H23N3O2/c1-14(2)12-15-4-3-7-21(18(15)22)17-6-5-16(13-19-17)20-8-10-23-11-9-20/h3-7,13-14H,8-12H2,1-2H3. The average Bonchev–Trinajstić information content (AvgIpc) is 2.57. The second kappa shape index (κ2) is 6.96. The van der Waals surface area contributed by atoms with Crippen LogP contribution >= 0.6 is 0 Å². The highest BCUT2D eigenvalue weighted by Crippen LogP contribution is 2.16. The van der Waals surface area contributed by atoms with Gasteiger partial charge in [-0.2, -0.15) is 0 Å². The van der Waals surface area contributed by atoms with E-state index in [1.807, 2.05) is 30.5 Å². The molecule has 2 aromatic heterocycles. The fraction of sp³-hybridized carbons (Fsp3) is 0.444. The van der Waals surface area contributed by atoms with E-state index in [2.05, 4.69) is 23.7 Å². The molecule has 3 rings (SSSR count). The summed E-state index contributed by atoms with van der Waals surface area (Å²) in [5.74, 6) is 1.12. The molecule has 23 heavy (non-hydrogen) atoms. The Morgan fingerprint density at radius 2 is 2.00 bits per heavy atom. The molecule has 0 aliphatic carbocycles. The molecule has 2 aromatic rings. The topological polar surface area (TPSA) is 47.4 Å². The van der Waals surface area contributed by atoms with Crippen LogP contribution in [-0.4, -0.2) is 35.9 Å². The first-order valence-electron chi connectivity index (χ1n) is 8.15. The highest BCUT2D eigenvalue weighted by molar-refractivity contribution is 5.47. The zero-order valence-electron chi connectivity index (χ0n) is 13.7. The Bertz CT molecular complexity index is 701. The lowest BCUT2D eigenvalue weighted by atomic mass is 10.0. The van der Waals surface area contributed by atoms with Crippen molar-refractivity contribution in [3.63, 3.8) is 0 Å². The number of nitrogens with zero attached hydrogens (tertiary/aromatic N) is 3. The van der Waals surface area contributed by atoms with Gasteiger partial charge in [-0.3, -0.25) is 9.36 Å². The maximum atomic E-state index is 12.6. The van der Waals surface area contributed by atoms with Crippen LogP contribution in [0.15, 0.2) is 41.5 Å². The van der Waals surface area contributed by atoms with Crippen molar-refractivity contribution in [3.05, 3.63) is 52.6 Å². The minimum Gasteiger partial charge on any atom is -0.378 e. The van der Waals surface area contributed by atoms with Crippen LogP contribution < -0.4 is 10.5 Å². The monoisotopic (exact) mass is 313 g/mol. The molecule has 0 atom stereocenters. The van der Waals surface area contributed by atoms with Crippen LogP contribution in [0.25, 0.3) is 5.82 Å². The molecular weight excluding hydrogens is 290 g/mol. The van der Waals surface area contributed by atoms with Gasteiger partial charge in [0.05, 0.1) is 25.1 Å². The summed E-state index contributed by atoms with van der Waals surface area (Å²) >= 11 is 0. The molecule has 0 unspecified atom stereocenters. The number of hydrogen-bond donors (Lipinski definition) is 0. The lowest BCUT2D eigenvalue weighted by Crippen LogP contribution is -2.36. The Kier molecular flexibility index (Phi) is 4.76. The first-order chi connectivity index (χ1) is 11.1. The normalized spacial score (nSPS) is 15.2. The summed E-state index contributed by atoms with van der Waals surface area (Å²) < 4.78 is 6.99. The number of aromatic nitrogens is 2. The van der Waals surface area contributed by atoms with E-state index in [0.29, 0.717) is 11.7 Å². The zero-order chi connectivity index (χ0) is 16.2. The summed E-state index contributed by atoms with van der Waals surface area (Å²) in [6, 6.07) is 7.75. The van der Waals surface area contributed by atoms with Crippen molar-refractivity contribution < 1.29 is 4.74 Å². The Balaban J connectivity index is 1.86. The van der Waals surface area contributed by atoms with E-state index in [1.54, 1.807) is 10.8 Å². The first-order valence-corrected chi connectivity index (χ1v) is 8.15. The molecule has 5 heteroatoms. The van der Waals surface area contributed by atoms with Crippen LogP contribution in [0, 0.1) is 5.92 Å². The smallest absolute Gasteiger partial charge is 0.259 e. The van der Waals surface area contributed by atoms with Gasteiger partial charge in [0.25, 0.3) is 5.56 Å². The Morgan fingerprint density at radius 1 is 1.22 bits per heavy atom. The number of rotatable bonds is 4. The predicted molar refractivity (Wildman–Crippen MR) is 91.4 cm³/mol. The van der Waals surface area contributed by atoms with Crippen LogP contribution in [0.5, 0.6) is 0 Å². The fourth-order valence-electron chi connectivity index (χ4n) is 2.84. The molecule has 0 aromatic carbocycles. The maximum Gasteiger partial charge on any atom is 0.259 e. The Morgan fingerprint density at radius 3 is 2.65 bits per heavy atom. The number of anilines is 1. The SMILES string of the molecule is CC(C)Cc1cccn(-c2ccc(N3CCOCC3)cn2)c1=O. The third kappa shape index (κ3) is 3.62. The molecule has 3 heterocycles. The van der Waals surface area contributed by atoms with Gasteiger partial charge in [0.15, 0.2) is 0 Å². The zero-order valence-corrected chi connectivity index (χ0v) is 13.7. The molecule has 1 fully saturated rings. The first kappa shape index (κ1) is 15.7. The summed E-state index contributed by atoms with van der Waals surface area (Å²) in [7, 11) is 0. The fourth-order valence-corrected chi connectivity index (χ4v) is 2.84. The number of hydrogen-bond acceptors (Lipinski definition) is 4. The molecule has 0 radical (unpaired) electrons. The largest absolute Gasteiger partial charge is 0.378 e.